The molecule has 266 valence electrons. The number of carbonyl (C=O) groups excluding carboxylic acids is 1. The molecular weight excluding hydrogens is 662 g/mol. The molecule has 2 aromatic rings. The van der Waals surface area contributed by atoms with Crippen LogP contribution in [0.3, 0.4) is 0 Å². The molecule has 2 aliphatic carbocycles. The number of morpholine rings is 1. The SMILES string of the molecule is C[C@@H]1C[C@@H](C)/C=C/[C@H](OCCN2CCOCC2)[C@@H]2CC[C@H]2CN2C[C@@]3(CCCc4cc(Cl)ccc43)COc3ccc(cc32)C(=O)NS1(=O)=O. The largest absolute Gasteiger partial charge is 0.490 e. The van der Waals surface area contributed by atoms with Gasteiger partial charge in [-0.3, -0.25) is 9.69 Å². The highest BCUT2D eigenvalue weighted by molar-refractivity contribution is 7.90. The van der Waals surface area contributed by atoms with Gasteiger partial charge in [-0.2, -0.15) is 0 Å². The Hall–Kier alpha value is -2.63. The summed E-state index contributed by atoms with van der Waals surface area (Å²) in [5.41, 5.74) is 3.46. The Balaban J connectivity index is 1.24. The zero-order valence-electron chi connectivity index (χ0n) is 28.7. The van der Waals surface area contributed by atoms with Gasteiger partial charge in [0.25, 0.3) is 5.91 Å². The number of nitrogens with one attached hydrogen (secondary N) is 1. The van der Waals surface area contributed by atoms with Crippen LogP contribution in [0.1, 0.15) is 67.4 Å². The minimum Gasteiger partial charge on any atom is -0.490 e. The topological polar surface area (TPSA) is 97.4 Å². The molecule has 9 nitrogen and oxygen atoms in total. The van der Waals surface area contributed by atoms with Gasteiger partial charge in [-0.15, -0.1) is 0 Å². The van der Waals surface area contributed by atoms with E-state index in [2.05, 4.69) is 38.8 Å². The third-order valence-electron chi connectivity index (χ3n) is 11.6. The van der Waals surface area contributed by atoms with E-state index >= 15 is 0 Å². The van der Waals surface area contributed by atoms with E-state index in [1.54, 1.807) is 13.0 Å². The lowest BCUT2D eigenvalue weighted by molar-refractivity contribution is -0.0315. The van der Waals surface area contributed by atoms with E-state index in [1.807, 2.05) is 25.1 Å². The number of halogens is 1. The lowest BCUT2D eigenvalue weighted by atomic mass is 9.68. The van der Waals surface area contributed by atoms with E-state index in [0.29, 0.717) is 37.0 Å². The molecule has 3 heterocycles. The fourth-order valence-electron chi connectivity index (χ4n) is 8.57. The molecular formula is C38H50ClN3O6S. The highest BCUT2D eigenvalue weighted by Crippen LogP contribution is 2.47. The van der Waals surface area contributed by atoms with Crippen LogP contribution in [0.4, 0.5) is 5.69 Å². The van der Waals surface area contributed by atoms with Crippen LogP contribution in [0.25, 0.3) is 0 Å². The van der Waals surface area contributed by atoms with Gasteiger partial charge in [0.2, 0.25) is 10.0 Å². The molecule has 49 heavy (non-hydrogen) atoms. The molecule has 0 unspecified atom stereocenters. The number of hydrogen-bond donors (Lipinski definition) is 1. The molecule has 6 atom stereocenters. The highest BCUT2D eigenvalue weighted by Gasteiger charge is 2.44. The van der Waals surface area contributed by atoms with Crippen molar-refractivity contribution in [1.82, 2.24) is 9.62 Å². The third kappa shape index (κ3) is 7.54. The first-order valence-corrected chi connectivity index (χ1v) is 20.0. The van der Waals surface area contributed by atoms with Crippen molar-refractivity contribution in [2.24, 2.45) is 17.8 Å². The van der Waals surface area contributed by atoms with Crippen LogP contribution in [0.15, 0.2) is 48.6 Å². The van der Waals surface area contributed by atoms with Crippen LogP contribution < -0.4 is 14.4 Å². The molecule has 1 amide bonds. The highest BCUT2D eigenvalue weighted by atomic mass is 35.5. The average molecular weight is 712 g/mol. The van der Waals surface area contributed by atoms with Gasteiger partial charge in [-0.25, -0.2) is 13.1 Å². The molecule has 0 aromatic heterocycles. The van der Waals surface area contributed by atoms with E-state index in [1.165, 1.54) is 11.1 Å². The van der Waals surface area contributed by atoms with Crippen molar-refractivity contribution in [3.05, 3.63) is 70.3 Å². The second-order valence-corrected chi connectivity index (χ2v) is 17.5. The maximum atomic E-state index is 13.5. The van der Waals surface area contributed by atoms with Crippen molar-refractivity contribution in [3.63, 3.8) is 0 Å². The minimum atomic E-state index is -3.91. The first-order valence-electron chi connectivity index (χ1n) is 18.1. The van der Waals surface area contributed by atoms with Gasteiger partial charge in [0.05, 0.1) is 43.5 Å². The summed E-state index contributed by atoms with van der Waals surface area (Å²) in [7, 11) is -3.91. The van der Waals surface area contributed by atoms with E-state index < -0.39 is 21.2 Å². The summed E-state index contributed by atoms with van der Waals surface area (Å²) >= 11 is 6.46. The fraction of sp³-hybridized carbons (Fsp3) is 0.605. The lowest BCUT2D eigenvalue weighted by Gasteiger charge is -2.46. The Morgan fingerprint density at radius 1 is 1.08 bits per heavy atom. The zero-order valence-corrected chi connectivity index (χ0v) is 30.3. The van der Waals surface area contributed by atoms with Gasteiger partial charge >= 0.3 is 0 Å². The van der Waals surface area contributed by atoms with Crippen LogP contribution in [-0.2, 0) is 31.3 Å². The number of carbonyl (C=O) groups is 1. The first-order chi connectivity index (χ1) is 23.6. The maximum absolute atomic E-state index is 13.5. The standard InChI is InChI=1S/C38H50ClN3O6S/c1-26-5-11-35(47-19-16-41-14-17-46-18-15-41)32-9-6-30(32)23-42-24-38(13-3-4-28-21-31(39)8-10-33(28)38)25-48-36-12-7-29(22-34(36)42)37(43)40-49(44,45)27(2)20-26/h5,7-8,10-12,21-22,26-27,30,32,35H,3-4,6,9,13-20,23-25H2,1-2H3,(H,40,43)/b11-5+/t26-,27+,30-,32+,35-,38-/m0/s1. The zero-order chi connectivity index (χ0) is 34.2. The predicted molar refractivity (Wildman–Crippen MR) is 192 cm³/mol. The summed E-state index contributed by atoms with van der Waals surface area (Å²) < 4.78 is 48.0. The molecule has 2 aromatic carbocycles. The number of benzene rings is 2. The molecule has 1 N–H and O–H groups in total. The Morgan fingerprint density at radius 2 is 1.92 bits per heavy atom. The molecule has 3 aliphatic heterocycles. The number of aryl methyl sites for hydroxylation is 1. The normalized spacial score (nSPS) is 32.5. The monoisotopic (exact) mass is 711 g/mol. The predicted octanol–water partition coefficient (Wildman–Crippen LogP) is 5.60. The van der Waals surface area contributed by atoms with E-state index in [9.17, 15) is 13.2 Å². The summed E-state index contributed by atoms with van der Waals surface area (Å²) in [5, 5.41) is -0.000512. The van der Waals surface area contributed by atoms with Crippen LogP contribution >= 0.6 is 11.6 Å². The quantitative estimate of drug-likeness (QED) is 0.410. The number of hydrogen-bond acceptors (Lipinski definition) is 8. The fourth-order valence-corrected chi connectivity index (χ4v) is 9.90. The first kappa shape index (κ1) is 34.8. The molecule has 2 fully saturated rings. The molecule has 0 radical (unpaired) electrons. The number of ether oxygens (including phenoxy) is 3. The number of rotatable bonds is 4. The molecule has 11 heteroatoms. The second-order valence-electron chi connectivity index (χ2n) is 15.0. The Labute approximate surface area is 296 Å². The van der Waals surface area contributed by atoms with Gasteiger partial charge < -0.3 is 19.1 Å². The summed E-state index contributed by atoms with van der Waals surface area (Å²) in [4.78, 5) is 18.3. The third-order valence-corrected chi connectivity index (χ3v) is 13.5. The van der Waals surface area contributed by atoms with Crippen LogP contribution in [0.2, 0.25) is 5.02 Å². The Bertz CT molecular complexity index is 1660. The van der Waals surface area contributed by atoms with Crippen molar-refractivity contribution < 1.29 is 27.4 Å². The van der Waals surface area contributed by atoms with Crippen LogP contribution in [0, 0.1) is 17.8 Å². The smallest absolute Gasteiger partial charge is 0.264 e. The molecule has 1 saturated carbocycles. The van der Waals surface area contributed by atoms with Crippen molar-refractivity contribution in [3.8, 4) is 5.75 Å². The van der Waals surface area contributed by atoms with E-state index in [4.69, 9.17) is 25.8 Å². The van der Waals surface area contributed by atoms with Gasteiger partial charge in [0.1, 0.15) is 5.75 Å². The summed E-state index contributed by atoms with van der Waals surface area (Å²) in [6.45, 7) is 10.6. The Kier molecular flexibility index (Phi) is 10.3. The number of anilines is 1. The molecule has 2 bridgehead atoms. The van der Waals surface area contributed by atoms with Crippen molar-refractivity contribution >= 4 is 33.2 Å². The van der Waals surface area contributed by atoms with E-state index in [-0.39, 0.29) is 17.4 Å². The van der Waals surface area contributed by atoms with Gasteiger partial charge in [0.15, 0.2) is 0 Å². The molecule has 1 saturated heterocycles. The van der Waals surface area contributed by atoms with Gasteiger partial charge in [-0.05, 0) is 105 Å². The second kappa shape index (κ2) is 14.5. The van der Waals surface area contributed by atoms with E-state index in [0.717, 1.165) is 94.5 Å². The maximum Gasteiger partial charge on any atom is 0.264 e. The minimum absolute atomic E-state index is 0.00757. The summed E-state index contributed by atoms with van der Waals surface area (Å²) in [6, 6.07) is 11.6. The average Bonchev–Trinajstić information content (AvgIpc) is 3.22. The van der Waals surface area contributed by atoms with Crippen molar-refractivity contribution in [2.75, 3.05) is 64.1 Å². The van der Waals surface area contributed by atoms with Gasteiger partial charge in [-0.1, -0.05) is 36.7 Å². The summed E-state index contributed by atoms with van der Waals surface area (Å²) in [5.74, 6) is 0.808. The molecule has 5 aliphatic rings. The van der Waals surface area contributed by atoms with Crippen molar-refractivity contribution in [2.45, 2.75) is 69.1 Å². The van der Waals surface area contributed by atoms with Crippen LogP contribution in [-0.4, -0.2) is 89.7 Å². The molecule has 1 spiro atoms. The lowest BCUT2D eigenvalue weighted by Crippen LogP contribution is -2.50. The number of nitrogens with zero attached hydrogens (tertiary/aromatic N) is 2. The molecule has 7 rings (SSSR count). The van der Waals surface area contributed by atoms with Crippen LogP contribution in [0.5, 0.6) is 5.75 Å². The number of sulfonamides is 1. The Morgan fingerprint density at radius 3 is 2.71 bits per heavy atom. The van der Waals surface area contributed by atoms with Crippen molar-refractivity contribution in [1.29, 1.82) is 0 Å². The van der Waals surface area contributed by atoms with Gasteiger partial charge in [0, 0.05) is 48.7 Å². The number of allylic oxidation sites excluding steroid dienone is 1. The number of fused-ring (bicyclic) bond motifs is 4. The summed E-state index contributed by atoms with van der Waals surface area (Å²) in [6.07, 6.45) is 9.81. The number of amides is 1.